The summed E-state index contributed by atoms with van der Waals surface area (Å²) in [5, 5.41) is 0. The number of aryl methyl sites for hydroxylation is 1. The summed E-state index contributed by atoms with van der Waals surface area (Å²) in [5.74, 6) is -0.791. The summed E-state index contributed by atoms with van der Waals surface area (Å²) in [5.41, 5.74) is 0.141. The molecule has 7 heteroatoms. The molecular weight excluding hydrogens is 330 g/mol. The summed E-state index contributed by atoms with van der Waals surface area (Å²) in [6, 6.07) is 3.25. The number of benzene rings is 1. The molecular formula is C18H20F2N2O3. The van der Waals surface area contributed by atoms with Gasteiger partial charge in [0, 0.05) is 32.0 Å². The molecule has 2 heterocycles. The smallest absolute Gasteiger partial charge is 0.223 e. The predicted octanol–water partition coefficient (Wildman–Crippen LogP) is 3.19. The van der Waals surface area contributed by atoms with Crippen molar-refractivity contribution in [1.29, 1.82) is 0 Å². The van der Waals surface area contributed by atoms with E-state index in [1.165, 1.54) is 12.3 Å². The Hall–Kier alpha value is -2.28. The molecule has 25 heavy (non-hydrogen) atoms. The van der Waals surface area contributed by atoms with E-state index in [2.05, 4.69) is 4.98 Å². The van der Waals surface area contributed by atoms with Crippen molar-refractivity contribution in [3.05, 3.63) is 41.9 Å². The Labute approximate surface area is 144 Å². The highest BCUT2D eigenvalue weighted by molar-refractivity contribution is 5.76. The van der Waals surface area contributed by atoms with Gasteiger partial charge in [-0.15, -0.1) is 0 Å². The second kappa shape index (κ2) is 7.31. The van der Waals surface area contributed by atoms with E-state index >= 15 is 0 Å². The zero-order valence-electron chi connectivity index (χ0n) is 14.2. The van der Waals surface area contributed by atoms with E-state index in [4.69, 9.17) is 9.15 Å². The number of morpholine rings is 1. The van der Waals surface area contributed by atoms with Crippen LogP contribution in [0.3, 0.4) is 0 Å². The molecule has 0 N–H and O–H groups in total. The van der Waals surface area contributed by atoms with Gasteiger partial charge in [0.1, 0.15) is 11.6 Å². The third-order valence-corrected chi connectivity index (χ3v) is 4.08. The van der Waals surface area contributed by atoms with Crippen molar-refractivity contribution in [2.75, 3.05) is 13.1 Å². The van der Waals surface area contributed by atoms with Crippen molar-refractivity contribution in [3.63, 3.8) is 0 Å². The van der Waals surface area contributed by atoms with E-state index in [0.717, 1.165) is 12.1 Å². The average molecular weight is 350 g/mol. The van der Waals surface area contributed by atoms with E-state index in [1.54, 1.807) is 4.90 Å². The van der Waals surface area contributed by atoms with Gasteiger partial charge in [-0.1, -0.05) is 0 Å². The zero-order valence-corrected chi connectivity index (χ0v) is 14.2. The van der Waals surface area contributed by atoms with Crippen LogP contribution in [0.4, 0.5) is 8.78 Å². The van der Waals surface area contributed by atoms with Crippen LogP contribution in [-0.2, 0) is 16.0 Å². The van der Waals surface area contributed by atoms with Gasteiger partial charge < -0.3 is 14.1 Å². The number of carbonyl (C=O) groups excluding carboxylic acids is 1. The lowest BCUT2D eigenvalue weighted by atomic mass is 10.2. The van der Waals surface area contributed by atoms with Gasteiger partial charge in [0.2, 0.25) is 5.91 Å². The molecule has 1 fully saturated rings. The van der Waals surface area contributed by atoms with Crippen molar-refractivity contribution in [2.24, 2.45) is 0 Å². The predicted molar refractivity (Wildman–Crippen MR) is 86.8 cm³/mol. The van der Waals surface area contributed by atoms with Gasteiger partial charge in [-0.2, -0.15) is 0 Å². The van der Waals surface area contributed by atoms with Gasteiger partial charge in [-0.05, 0) is 26.0 Å². The van der Waals surface area contributed by atoms with Gasteiger partial charge in [-0.25, -0.2) is 13.8 Å². The molecule has 1 saturated heterocycles. The standard InChI is InChI=1S/C18H20F2N2O3/c1-11-9-22(10-12(2)24-11)18(23)6-5-17-21-8-16(25-17)14-4-3-13(19)7-15(14)20/h3-4,7-8,11-12H,5-6,9-10H2,1-2H3. The number of rotatable bonds is 4. The van der Waals surface area contributed by atoms with Crippen molar-refractivity contribution in [1.82, 2.24) is 9.88 Å². The van der Waals surface area contributed by atoms with Gasteiger partial charge in [-0.3, -0.25) is 4.79 Å². The molecule has 1 aliphatic heterocycles. The number of amides is 1. The number of hydrogen-bond acceptors (Lipinski definition) is 4. The average Bonchev–Trinajstić information content (AvgIpc) is 3.00. The fourth-order valence-electron chi connectivity index (χ4n) is 2.99. The number of hydrogen-bond donors (Lipinski definition) is 0. The monoisotopic (exact) mass is 350 g/mol. The van der Waals surface area contributed by atoms with Gasteiger partial charge in [0.15, 0.2) is 11.7 Å². The third-order valence-electron chi connectivity index (χ3n) is 4.08. The Morgan fingerprint density at radius 1 is 1.28 bits per heavy atom. The second-order valence-corrected chi connectivity index (χ2v) is 6.30. The quantitative estimate of drug-likeness (QED) is 0.850. The largest absolute Gasteiger partial charge is 0.441 e. The zero-order chi connectivity index (χ0) is 18.0. The van der Waals surface area contributed by atoms with Crippen molar-refractivity contribution in [3.8, 4) is 11.3 Å². The minimum absolute atomic E-state index is 0.00899. The van der Waals surface area contributed by atoms with Crippen LogP contribution in [0, 0.1) is 11.6 Å². The maximum atomic E-state index is 13.8. The molecule has 2 aromatic rings. The number of carbonyl (C=O) groups is 1. The highest BCUT2D eigenvalue weighted by Gasteiger charge is 2.25. The maximum Gasteiger partial charge on any atom is 0.223 e. The first-order valence-electron chi connectivity index (χ1n) is 8.25. The lowest BCUT2D eigenvalue weighted by Gasteiger charge is -2.35. The van der Waals surface area contributed by atoms with Crippen LogP contribution in [0.5, 0.6) is 0 Å². The maximum absolute atomic E-state index is 13.8. The molecule has 0 saturated carbocycles. The first-order valence-corrected chi connectivity index (χ1v) is 8.25. The van der Waals surface area contributed by atoms with E-state index in [9.17, 15) is 13.6 Å². The highest BCUT2D eigenvalue weighted by Crippen LogP contribution is 2.24. The topological polar surface area (TPSA) is 55.6 Å². The Balaban J connectivity index is 1.61. The molecule has 5 nitrogen and oxygen atoms in total. The Bertz CT molecular complexity index is 753. The molecule has 3 rings (SSSR count). The van der Waals surface area contributed by atoms with Crippen LogP contribution >= 0.6 is 0 Å². The lowest BCUT2D eigenvalue weighted by Crippen LogP contribution is -2.48. The molecule has 0 aliphatic carbocycles. The molecule has 1 amide bonds. The SMILES string of the molecule is CC1CN(C(=O)CCc2ncc(-c3ccc(F)cc3F)o2)CC(C)O1. The highest BCUT2D eigenvalue weighted by atomic mass is 19.1. The van der Waals surface area contributed by atoms with Crippen LogP contribution in [0.1, 0.15) is 26.2 Å². The Morgan fingerprint density at radius 2 is 2.00 bits per heavy atom. The molecule has 2 atom stereocenters. The van der Waals surface area contributed by atoms with E-state index in [0.29, 0.717) is 25.4 Å². The molecule has 134 valence electrons. The number of oxazole rings is 1. The summed E-state index contributed by atoms with van der Waals surface area (Å²) in [4.78, 5) is 18.2. The summed E-state index contributed by atoms with van der Waals surface area (Å²) in [6.45, 7) is 5.02. The molecule has 0 bridgehead atoms. The fraction of sp³-hybridized carbons (Fsp3) is 0.444. The van der Waals surface area contributed by atoms with E-state index in [1.807, 2.05) is 13.8 Å². The number of ether oxygens (including phenoxy) is 1. The van der Waals surface area contributed by atoms with Gasteiger partial charge in [0.25, 0.3) is 0 Å². The third kappa shape index (κ3) is 4.22. The van der Waals surface area contributed by atoms with E-state index < -0.39 is 11.6 Å². The Morgan fingerprint density at radius 3 is 2.68 bits per heavy atom. The van der Waals surface area contributed by atoms with Crippen molar-refractivity contribution < 1.29 is 22.7 Å². The lowest BCUT2D eigenvalue weighted by molar-refractivity contribution is -0.143. The molecule has 2 unspecified atom stereocenters. The van der Waals surface area contributed by atoms with Crippen LogP contribution in [-0.4, -0.2) is 41.1 Å². The first kappa shape index (κ1) is 17.5. The number of halogens is 2. The summed E-state index contributed by atoms with van der Waals surface area (Å²) >= 11 is 0. The van der Waals surface area contributed by atoms with Crippen molar-refractivity contribution in [2.45, 2.75) is 38.9 Å². The normalized spacial score (nSPS) is 20.7. The van der Waals surface area contributed by atoms with Gasteiger partial charge >= 0.3 is 0 Å². The fourth-order valence-corrected chi connectivity index (χ4v) is 2.99. The molecule has 0 radical (unpaired) electrons. The minimum atomic E-state index is -0.713. The van der Waals surface area contributed by atoms with Crippen molar-refractivity contribution >= 4 is 5.91 Å². The summed E-state index contributed by atoms with van der Waals surface area (Å²) in [6.07, 6.45) is 1.99. The number of nitrogens with zero attached hydrogens (tertiary/aromatic N) is 2. The number of aromatic nitrogens is 1. The van der Waals surface area contributed by atoms with Crippen LogP contribution in [0.25, 0.3) is 11.3 Å². The van der Waals surface area contributed by atoms with Crippen LogP contribution in [0.15, 0.2) is 28.8 Å². The van der Waals surface area contributed by atoms with Gasteiger partial charge in [0.05, 0.1) is 24.0 Å². The summed E-state index contributed by atoms with van der Waals surface area (Å²) in [7, 11) is 0. The first-order chi connectivity index (χ1) is 11.9. The second-order valence-electron chi connectivity index (χ2n) is 6.30. The minimum Gasteiger partial charge on any atom is -0.441 e. The van der Waals surface area contributed by atoms with Crippen LogP contribution in [0.2, 0.25) is 0 Å². The molecule has 1 aromatic carbocycles. The van der Waals surface area contributed by atoms with Crippen LogP contribution < -0.4 is 0 Å². The molecule has 0 spiro atoms. The summed E-state index contributed by atoms with van der Waals surface area (Å²) < 4.78 is 37.9. The molecule has 1 aliphatic rings. The van der Waals surface area contributed by atoms with E-state index in [-0.39, 0.29) is 35.9 Å². The molecule has 1 aromatic heterocycles. The Kier molecular flexibility index (Phi) is 5.13.